The van der Waals surface area contributed by atoms with E-state index in [1.807, 2.05) is 17.8 Å². The van der Waals surface area contributed by atoms with Crippen LogP contribution in [-0.4, -0.2) is 40.7 Å². The van der Waals surface area contributed by atoms with Gasteiger partial charge in [-0.3, -0.25) is 4.90 Å². The monoisotopic (exact) mass is 340 g/mol. The molecule has 1 aliphatic rings. The summed E-state index contributed by atoms with van der Waals surface area (Å²) in [6.45, 7) is -0.165. The first-order chi connectivity index (χ1) is 11.5. The van der Waals surface area contributed by atoms with Crippen LogP contribution in [0.5, 0.6) is 5.75 Å². The quantitative estimate of drug-likeness (QED) is 0.907. The van der Waals surface area contributed by atoms with Crippen LogP contribution in [0, 0.1) is 5.82 Å². The fourth-order valence-corrected chi connectivity index (χ4v) is 2.96. The van der Waals surface area contributed by atoms with E-state index in [2.05, 4.69) is 19.9 Å². The Balaban J connectivity index is 1.76. The minimum Gasteiger partial charge on any atom is -0.432 e. The molecular weight excluding hydrogens is 321 g/mol. The molecular formula is C16H19F3N4O. The van der Waals surface area contributed by atoms with Crippen LogP contribution < -0.4 is 10.1 Å². The van der Waals surface area contributed by atoms with Crippen molar-refractivity contribution < 1.29 is 17.9 Å². The molecule has 2 aromatic rings. The van der Waals surface area contributed by atoms with Gasteiger partial charge >= 0.3 is 6.61 Å². The lowest BCUT2D eigenvalue weighted by Gasteiger charge is -2.35. The first kappa shape index (κ1) is 16.8. The van der Waals surface area contributed by atoms with E-state index in [1.165, 1.54) is 12.1 Å². The molecule has 3 rings (SSSR count). The van der Waals surface area contributed by atoms with E-state index in [0.29, 0.717) is 12.1 Å². The molecule has 0 amide bonds. The SMILES string of the molecule is Cn1ccnc1C1CNCCN1Cc1ccc(OC(F)F)c(F)c1. The molecule has 1 unspecified atom stereocenters. The van der Waals surface area contributed by atoms with Gasteiger partial charge in [-0.1, -0.05) is 6.07 Å². The number of halogens is 3. The third kappa shape index (κ3) is 3.70. The number of rotatable bonds is 5. The normalized spacial score (nSPS) is 19.0. The highest BCUT2D eigenvalue weighted by molar-refractivity contribution is 5.29. The van der Waals surface area contributed by atoms with Crippen molar-refractivity contribution in [1.29, 1.82) is 0 Å². The van der Waals surface area contributed by atoms with Crippen molar-refractivity contribution in [3.05, 3.63) is 47.8 Å². The van der Waals surface area contributed by atoms with Crippen molar-refractivity contribution in [1.82, 2.24) is 19.8 Å². The van der Waals surface area contributed by atoms with Gasteiger partial charge in [-0.05, 0) is 17.7 Å². The molecule has 5 nitrogen and oxygen atoms in total. The van der Waals surface area contributed by atoms with Crippen LogP contribution in [0.2, 0.25) is 0 Å². The molecule has 1 atom stereocenters. The van der Waals surface area contributed by atoms with E-state index in [0.717, 1.165) is 25.5 Å². The highest BCUT2D eigenvalue weighted by Gasteiger charge is 2.27. The number of nitrogens with zero attached hydrogens (tertiary/aromatic N) is 3. The third-order valence-electron chi connectivity index (χ3n) is 4.11. The average Bonchev–Trinajstić information content (AvgIpc) is 2.96. The molecule has 8 heteroatoms. The maximum absolute atomic E-state index is 13.9. The highest BCUT2D eigenvalue weighted by atomic mass is 19.3. The third-order valence-corrected chi connectivity index (χ3v) is 4.11. The van der Waals surface area contributed by atoms with Crippen molar-refractivity contribution in [2.24, 2.45) is 7.05 Å². The van der Waals surface area contributed by atoms with E-state index in [-0.39, 0.29) is 6.04 Å². The predicted octanol–water partition coefficient (Wildman–Crippen LogP) is 2.31. The van der Waals surface area contributed by atoms with Crippen molar-refractivity contribution in [3.63, 3.8) is 0 Å². The van der Waals surface area contributed by atoms with E-state index >= 15 is 0 Å². The van der Waals surface area contributed by atoms with Crippen molar-refractivity contribution in [2.45, 2.75) is 19.2 Å². The maximum atomic E-state index is 13.9. The topological polar surface area (TPSA) is 42.3 Å². The molecule has 1 aliphatic heterocycles. The Morgan fingerprint density at radius 2 is 2.25 bits per heavy atom. The minimum absolute atomic E-state index is 0.0683. The summed E-state index contributed by atoms with van der Waals surface area (Å²) in [6, 6.07) is 4.17. The smallest absolute Gasteiger partial charge is 0.387 e. The number of hydrogen-bond donors (Lipinski definition) is 1. The van der Waals surface area contributed by atoms with Gasteiger partial charge in [0.15, 0.2) is 11.6 Å². The summed E-state index contributed by atoms with van der Waals surface area (Å²) in [6.07, 6.45) is 3.64. The molecule has 0 spiro atoms. The van der Waals surface area contributed by atoms with Crippen LogP contribution in [0.4, 0.5) is 13.2 Å². The van der Waals surface area contributed by atoms with Gasteiger partial charge in [0.2, 0.25) is 0 Å². The number of piperazine rings is 1. The Morgan fingerprint density at radius 3 is 2.92 bits per heavy atom. The number of aromatic nitrogens is 2. The van der Waals surface area contributed by atoms with E-state index in [9.17, 15) is 13.2 Å². The summed E-state index contributed by atoms with van der Waals surface area (Å²) < 4.78 is 44.4. The van der Waals surface area contributed by atoms with Crippen LogP contribution >= 0.6 is 0 Å². The number of ether oxygens (including phenoxy) is 1. The molecule has 0 bridgehead atoms. The van der Waals surface area contributed by atoms with Crippen molar-refractivity contribution >= 4 is 0 Å². The second kappa shape index (κ2) is 7.23. The number of hydrogen-bond acceptors (Lipinski definition) is 4. The number of benzene rings is 1. The Hall–Kier alpha value is -2.06. The fraction of sp³-hybridized carbons (Fsp3) is 0.438. The van der Waals surface area contributed by atoms with Gasteiger partial charge in [0.1, 0.15) is 5.82 Å². The van der Waals surface area contributed by atoms with E-state index in [4.69, 9.17) is 0 Å². The summed E-state index contributed by atoms with van der Waals surface area (Å²) in [7, 11) is 1.94. The van der Waals surface area contributed by atoms with E-state index in [1.54, 1.807) is 12.3 Å². The van der Waals surface area contributed by atoms with Crippen molar-refractivity contribution in [2.75, 3.05) is 19.6 Å². The largest absolute Gasteiger partial charge is 0.432 e. The van der Waals surface area contributed by atoms with Gasteiger partial charge in [0, 0.05) is 45.6 Å². The molecule has 130 valence electrons. The second-order valence-corrected chi connectivity index (χ2v) is 5.73. The molecule has 0 radical (unpaired) electrons. The van der Waals surface area contributed by atoms with Crippen LogP contribution in [0.3, 0.4) is 0 Å². The van der Waals surface area contributed by atoms with Crippen molar-refractivity contribution in [3.8, 4) is 5.75 Å². The lowest BCUT2D eigenvalue weighted by Crippen LogP contribution is -2.46. The molecule has 1 N–H and O–H groups in total. The first-order valence-electron chi connectivity index (χ1n) is 7.70. The number of imidazole rings is 1. The zero-order chi connectivity index (χ0) is 17.1. The summed E-state index contributed by atoms with van der Waals surface area (Å²) >= 11 is 0. The maximum Gasteiger partial charge on any atom is 0.387 e. The zero-order valence-electron chi connectivity index (χ0n) is 13.3. The van der Waals surface area contributed by atoms with Gasteiger partial charge in [-0.2, -0.15) is 8.78 Å². The Bertz CT molecular complexity index is 692. The number of alkyl halides is 2. The molecule has 1 aromatic carbocycles. The lowest BCUT2D eigenvalue weighted by molar-refractivity contribution is -0.0522. The average molecular weight is 340 g/mol. The fourth-order valence-electron chi connectivity index (χ4n) is 2.96. The van der Waals surface area contributed by atoms with Crippen LogP contribution in [0.1, 0.15) is 17.4 Å². The summed E-state index contributed by atoms with van der Waals surface area (Å²) in [5.74, 6) is -0.286. The summed E-state index contributed by atoms with van der Waals surface area (Å²) in [5.41, 5.74) is 0.704. The van der Waals surface area contributed by atoms with Gasteiger partial charge in [-0.25, -0.2) is 9.37 Å². The molecule has 0 saturated carbocycles. The molecule has 2 heterocycles. The minimum atomic E-state index is -3.04. The molecule has 0 aliphatic carbocycles. The molecule has 1 saturated heterocycles. The van der Waals surface area contributed by atoms with Crippen LogP contribution in [0.15, 0.2) is 30.6 Å². The number of aryl methyl sites for hydroxylation is 1. The summed E-state index contributed by atoms with van der Waals surface area (Å²) in [5, 5.41) is 3.34. The van der Waals surface area contributed by atoms with Gasteiger partial charge in [0.25, 0.3) is 0 Å². The standard InChI is InChI=1S/C16H19F3N4O/c1-22-6-5-21-15(22)13-9-20-4-7-23(13)10-11-2-3-14(12(17)8-11)24-16(18)19/h2-3,5-6,8,13,16,20H,4,7,9-10H2,1H3. The lowest BCUT2D eigenvalue weighted by atomic mass is 10.1. The summed E-state index contributed by atoms with van der Waals surface area (Å²) in [4.78, 5) is 6.60. The Labute approximate surface area is 138 Å². The molecule has 1 fully saturated rings. The Kier molecular flexibility index (Phi) is 5.06. The van der Waals surface area contributed by atoms with E-state index < -0.39 is 18.2 Å². The molecule has 24 heavy (non-hydrogen) atoms. The Morgan fingerprint density at radius 1 is 1.42 bits per heavy atom. The zero-order valence-corrected chi connectivity index (χ0v) is 13.3. The highest BCUT2D eigenvalue weighted by Crippen LogP contribution is 2.25. The number of nitrogens with one attached hydrogen (secondary N) is 1. The second-order valence-electron chi connectivity index (χ2n) is 5.73. The predicted molar refractivity (Wildman–Crippen MR) is 82.3 cm³/mol. The van der Waals surface area contributed by atoms with Crippen LogP contribution in [0.25, 0.3) is 0 Å². The van der Waals surface area contributed by atoms with Gasteiger partial charge in [0.05, 0.1) is 6.04 Å². The van der Waals surface area contributed by atoms with Gasteiger partial charge < -0.3 is 14.6 Å². The molecule has 1 aromatic heterocycles. The van der Waals surface area contributed by atoms with Crippen LogP contribution in [-0.2, 0) is 13.6 Å². The van der Waals surface area contributed by atoms with Gasteiger partial charge in [-0.15, -0.1) is 0 Å². The first-order valence-corrected chi connectivity index (χ1v) is 7.70.